The first-order valence-corrected chi connectivity index (χ1v) is 2.80. The molecular weight excluding hydrogens is 361 g/mol. The molecule has 0 saturated heterocycles. The van der Waals surface area contributed by atoms with Crippen molar-refractivity contribution in [3.63, 3.8) is 0 Å². The van der Waals surface area contributed by atoms with Gasteiger partial charge < -0.3 is 0 Å². The average molecular weight is 368 g/mol. The van der Waals surface area contributed by atoms with Crippen LogP contribution in [-0.4, -0.2) is 26.2 Å². The summed E-state index contributed by atoms with van der Waals surface area (Å²) >= 11 is 3.29. The van der Waals surface area contributed by atoms with Crippen molar-refractivity contribution in [2.45, 2.75) is 0 Å². The second kappa shape index (κ2) is 4.46. The predicted molar refractivity (Wildman–Crippen MR) is 42.9 cm³/mol. The summed E-state index contributed by atoms with van der Waals surface area (Å²) in [5, 5.41) is 0. The Bertz CT molecular complexity index is 138. The van der Waals surface area contributed by atoms with Crippen molar-refractivity contribution in [2.75, 3.05) is 0 Å². The van der Waals surface area contributed by atoms with Crippen LogP contribution in [0.2, 0.25) is 0 Å². The molecular formula is C6H7BiBr. The zero-order chi connectivity index (χ0) is 5.11. The summed E-state index contributed by atoms with van der Waals surface area (Å²) in [4.78, 5) is 0. The number of hydrogen-bond donors (Lipinski definition) is 0. The summed E-state index contributed by atoms with van der Waals surface area (Å²) < 4.78 is 1.10. The van der Waals surface area contributed by atoms with E-state index in [0.717, 1.165) is 4.47 Å². The van der Waals surface area contributed by atoms with Gasteiger partial charge in [-0.2, -0.15) is 0 Å². The van der Waals surface area contributed by atoms with E-state index in [1.54, 1.807) is 0 Å². The predicted octanol–water partition coefficient (Wildman–Crippen LogP) is 1.07. The van der Waals surface area contributed by atoms with Gasteiger partial charge in [-0.3, -0.25) is 0 Å². The van der Waals surface area contributed by atoms with Crippen LogP contribution in [-0.2, 0) is 0 Å². The van der Waals surface area contributed by atoms with Gasteiger partial charge in [-0.25, -0.2) is 0 Å². The van der Waals surface area contributed by atoms with Crippen molar-refractivity contribution in [3.8, 4) is 0 Å². The summed E-state index contributed by atoms with van der Waals surface area (Å²) in [5.74, 6) is 0. The van der Waals surface area contributed by atoms with Gasteiger partial charge in [0, 0.05) is 4.47 Å². The summed E-state index contributed by atoms with van der Waals surface area (Å²) in [6, 6.07) is 10.5. The molecule has 0 aromatic heterocycles. The van der Waals surface area contributed by atoms with Gasteiger partial charge in [-0.05, 0) is 18.2 Å². The van der Waals surface area contributed by atoms with Crippen LogP contribution in [0.15, 0.2) is 28.7 Å². The zero-order valence-corrected chi connectivity index (χ0v) is 11.5. The molecule has 1 aromatic rings. The molecule has 0 aliphatic carbocycles. The Kier molecular flexibility index (Phi) is 4.79. The maximum atomic E-state index is 3.29. The minimum atomic E-state index is 0. The molecule has 0 aliphatic rings. The van der Waals surface area contributed by atoms with Crippen LogP contribution in [0.5, 0.6) is 0 Å². The molecule has 0 amide bonds. The molecule has 0 spiro atoms. The monoisotopic (exact) mass is 367 g/mol. The van der Waals surface area contributed by atoms with Gasteiger partial charge in [0.2, 0.25) is 0 Å². The second-order valence-corrected chi connectivity index (χ2v) is 2.13. The van der Waals surface area contributed by atoms with E-state index < -0.39 is 0 Å². The van der Waals surface area contributed by atoms with Crippen LogP contribution in [0.1, 0.15) is 0 Å². The Hall–Kier alpha value is 0.583. The summed E-state index contributed by atoms with van der Waals surface area (Å²) in [7, 11) is 0. The quantitative estimate of drug-likeness (QED) is 0.602. The molecule has 8 heavy (non-hydrogen) atoms. The molecule has 0 nitrogen and oxygen atoms in total. The van der Waals surface area contributed by atoms with Crippen LogP contribution in [0.25, 0.3) is 0 Å². The molecule has 0 atom stereocenters. The first-order chi connectivity index (χ1) is 3.39. The average Bonchev–Trinajstić information content (AvgIpc) is 1.69. The molecule has 1 aromatic carbocycles. The van der Waals surface area contributed by atoms with Gasteiger partial charge in [0.05, 0.1) is 0 Å². The van der Waals surface area contributed by atoms with Crippen molar-refractivity contribution in [1.29, 1.82) is 0 Å². The van der Waals surface area contributed by atoms with Crippen LogP contribution in [0, 0.1) is 6.07 Å². The fourth-order valence-corrected chi connectivity index (χ4v) is 0.631. The van der Waals surface area contributed by atoms with Crippen molar-refractivity contribution < 1.29 is 0 Å². The molecule has 2 heteroatoms. The standard InChI is InChI=1S/C6H4Br.Bi.3H/c7-6-4-2-1-3-5-6;;;;/h2-5H;;;;. The topological polar surface area (TPSA) is 0 Å². The molecule has 1 rings (SSSR count). The van der Waals surface area contributed by atoms with Crippen molar-refractivity contribution in [2.24, 2.45) is 0 Å². The van der Waals surface area contributed by atoms with Gasteiger partial charge in [-0.1, -0.05) is 28.1 Å². The van der Waals surface area contributed by atoms with Crippen LogP contribution < -0.4 is 0 Å². The Morgan fingerprint density at radius 2 is 1.75 bits per heavy atom. The number of benzene rings is 1. The van der Waals surface area contributed by atoms with Crippen molar-refractivity contribution in [3.05, 3.63) is 34.8 Å². The zero-order valence-electron chi connectivity index (χ0n) is 4.39. The third-order valence-electron chi connectivity index (χ3n) is 0.678. The van der Waals surface area contributed by atoms with Gasteiger partial charge in [0.15, 0.2) is 0 Å². The Balaban J connectivity index is 0.000000490. The van der Waals surface area contributed by atoms with Crippen LogP contribution >= 0.6 is 15.9 Å². The third kappa shape index (κ3) is 2.79. The van der Waals surface area contributed by atoms with Gasteiger partial charge in [0.1, 0.15) is 0 Å². The Labute approximate surface area is 76.5 Å². The first-order valence-electron chi connectivity index (χ1n) is 2.01. The molecule has 0 unspecified atom stereocenters. The Morgan fingerprint density at radius 1 is 1.25 bits per heavy atom. The number of rotatable bonds is 0. The van der Waals surface area contributed by atoms with Crippen LogP contribution in [0.3, 0.4) is 0 Å². The second-order valence-electron chi connectivity index (χ2n) is 1.22. The fourth-order valence-electron chi connectivity index (χ4n) is 0.367. The molecule has 0 N–H and O–H groups in total. The molecule has 0 saturated carbocycles. The van der Waals surface area contributed by atoms with E-state index in [-0.39, 0.29) is 26.2 Å². The normalized spacial score (nSPS) is 7.62. The van der Waals surface area contributed by atoms with Gasteiger partial charge in [0.25, 0.3) is 0 Å². The van der Waals surface area contributed by atoms with E-state index in [2.05, 4.69) is 22.0 Å². The Morgan fingerprint density at radius 3 is 2.00 bits per heavy atom. The number of hydrogen-bond acceptors (Lipinski definition) is 0. The molecule has 0 bridgehead atoms. The van der Waals surface area contributed by atoms with Crippen molar-refractivity contribution >= 4 is 42.1 Å². The van der Waals surface area contributed by atoms with Crippen LogP contribution in [0.4, 0.5) is 0 Å². The number of halogens is 1. The molecule has 43 valence electrons. The summed E-state index contributed by atoms with van der Waals surface area (Å²) in [5.41, 5.74) is 0. The van der Waals surface area contributed by atoms with E-state index >= 15 is 0 Å². The van der Waals surface area contributed by atoms with Gasteiger partial charge >= 0.3 is 26.2 Å². The molecule has 0 heterocycles. The van der Waals surface area contributed by atoms with E-state index in [9.17, 15) is 0 Å². The van der Waals surface area contributed by atoms with E-state index in [4.69, 9.17) is 0 Å². The summed E-state index contributed by atoms with van der Waals surface area (Å²) in [6.45, 7) is 0. The minimum absolute atomic E-state index is 0. The van der Waals surface area contributed by atoms with E-state index in [0.29, 0.717) is 0 Å². The van der Waals surface area contributed by atoms with E-state index in [1.807, 2.05) is 24.3 Å². The third-order valence-corrected chi connectivity index (χ3v) is 1.21. The maximum absolute atomic E-state index is 3.29. The molecule has 1 radical (unpaired) electrons. The SMILES string of the molecule is Brc1cc[c]cc1.[BiH3]. The summed E-state index contributed by atoms with van der Waals surface area (Å²) in [6.07, 6.45) is 0. The first kappa shape index (κ1) is 8.58. The van der Waals surface area contributed by atoms with E-state index in [1.165, 1.54) is 0 Å². The molecule has 0 aliphatic heterocycles. The molecule has 0 fully saturated rings. The van der Waals surface area contributed by atoms with Gasteiger partial charge in [-0.15, -0.1) is 0 Å². The van der Waals surface area contributed by atoms with Crippen molar-refractivity contribution in [1.82, 2.24) is 0 Å². The fraction of sp³-hybridized carbons (Fsp3) is 0.